The summed E-state index contributed by atoms with van der Waals surface area (Å²) in [5, 5.41) is 25.2. The van der Waals surface area contributed by atoms with E-state index in [-0.39, 0.29) is 18.7 Å². The van der Waals surface area contributed by atoms with Crippen molar-refractivity contribution in [3.63, 3.8) is 0 Å². The zero-order valence-corrected chi connectivity index (χ0v) is 34.4. The number of nitrogens with zero attached hydrogens (tertiary/aromatic N) is 3. The molecule has 64 heavy (non-hydrogen) atoms. The van der Waals surface area contributed by atoms with Gasteiger partial charge in [-0.15, -0.1) is 0 Å². The Hall–Kier alpha value is -8.47. The second-order valence-corrected chi connectivity index (χ2v) is 15.7. The molecule has 310 valence electrons. The van der Waals surface area contributed by atoms with Crippen LogP contribution in [0.25, 0.3) is 90.4 Å². The molecule has 4 N–H and O–H groups in total. The molecule has 0 unspecified atom stereocenters. The van der Waals surface area contributed by atoms with Gasteiger partial charge >= 0.3 is 5.97 Å². The second kappa shape index (κ2) is 17.1. The quantitative estimate of drug-likeness (QED) is 0.0748. The van der Waals surface area contributed by atoms with Crippen molar-refractivity contribution in [3.8, 4) is 44.5 Å². The molecule has 2 aliphatic rings. The van der Waals surface area contributed by atoms with E-state index in [2.05, 4.69) is 106 Å². The fraction of sp³-hybridized carbons (Fsp3) is 0.0556. The monoisotopic (exact) mass is 836 g/mol. The van der Waals surface area contributed by atoms with E-state index in [1.165, 1.54) is 12.1 Å². The molecule has 5 heterocycles. The summed E-state index contributed by atoms with van der Waals surface area (Å²) < 4.78 is 0. The first-order chi connectivity index (χ1) is 31.4. The number of nitro groups is 1. The Balaban J connectivity index is 1.27. The minimum Gasteiger partial charge on any atom is -0.480 e. The van der Waals surface area contributed by atoms with Crippen LogP contribution in [0.5, 0.6) is 0 Å². The summed E-state index contributed by atoms with van der Waals surface area (Å²) in [6.07, 6.45) is 6.33. The number of carboxylic acids is 1. The van der Waals surface area contributed by atoms with Crippen molar-refractivity contribution >= 4 is 57.5 Å². The van der Waals surface area contributed by atoms with Crippen LogP contribution in [0.1, 0.15) is 28.3 Å². The molecule has 8 bridgehead atoms. The van der Waals surface area contributed by atoms with Gasteiger partial charge in [-0.2, -0.15) is 0 Å². The van der Waals surface area contributed by atoms with E-state index in [4.69, 9.17) is 9.97 Å². The van der Waals surface area contributed by atoms with Gasteiger partial charge in [-0.3, -0.25) is 20.2 Å². The number of aromatic amines is 2. The Labute approximate surface area is 368 Å². The van der Waals surface area contributed by atoms with Gasteiger partial charge in [0.25, 0.3) is 5.69 Å². The van der Waals surface area contributed by atoms with Gasteiger partial charge in [-0.1, -0.05) is 133 Å². The molecule has 0 fully saturated rings. The van der Waals surface area contributed by atoms with Crippen LogP contribution in [-0.4, -0.2) is 48.5 Å². The highest BCUT2D eigenvalue weighted by Crippen LogP contribution is 2.40. The van der Waals surface area contributed by atoms with Gasteiger partial charge in [-0.25, -0.2) is 9.97 Å². The van der Waals surface area contributed by atoms with Crippen LogP contribution in [0.4, 0.5) is 5.69 Å². The number of fused-ring (bicyclic) bond motifs is 8. The highest BCUT2D eigenvalue weighted by atomic mass is 16.6. The van der Waals surface area contributed by atoms with Crippen molar-refractivity contribution in [2.75, 3.05) is 6.54 Å². The third-order valence-electron chi connectivity index (χ3n) is 11.6. The maximum absolute atomic E-state index is 12.9. The fourth-order valence-electron chi connectivity index (χ4n) is 8.58. The third kappa shape index (κ3) is 7.81. The Morgan fingerprint density at radius 2 is 0.984 bits per heavy atom. The molecule has 1 atom stereocenters. The summed E-state index contributed by atoms with van der Waals surface area (Å²) in [5.41, 5.74) is 15.3. The minimum atomic E-state index is -1.04. The lowest BCUT2D eigenvalue weighted by molar-refractivity contribution is -0.384. The SMILES string of the molecule is O=C(O)[C@H](Cc1ccc([N+](=O)[O-])cc1)NCC1=Cc2nc1c(-c1ccccc1)c1ccc([nH]1)c(-c1ccccc1)c1nc(c(-c3ccccc3)c3ccc([nH]3)c2-c2ccccc2)C=C1. The molecule has 0 saturated carbocycles. The van der Waals surface area contributed by atoms with E-state index >= 15 is 0 Å². The summed E-state index contributed by atoms with van der Waals surface area (Å²) in [4.78, 5) is 42.2. The lowest BCUT2D eigenvalue weighted by Crippen LogP contribution is -2.39. The third-order valence-corrected chi connectivity index (χ3v) is 11.6. The van der Waals surface area contributed by atoms with E-state index in [9.17, 15) is 20.0 Å². The zero-order valence-electron chi connectivity index (χ0n) is 34.4. The maximum Gasteiger partial charge on any atom is 0.321 e. The van der Waals surface area contributed by atoms with Crippen molar-refractivity contribution in [2.24, 2.45) is 0 Å². The predicted octanol–water partition coefficient (Wildman–Crippen LogP) is 11.9. The maximum atomic E-state index is 12.9. The van der Waals surface area contributed by atoms with Crippen LogP contribution >= 0.6 is 0 Å². The molecule has 8 aromatic rings. The number of aliphatic carboxylic acids is 1. The van der Waals surface area contributed by atoms with Gasteiger partial charge in [0.05, 0.1) is 27.7 Å². The van der Waals surface area contributed by atoms with Gasteiger partial charge < -0.3 is 15.1 Å². The molecular formula is C54H40N6O4. The highest BCUT2D eigenvalue weighted by Gasteiger charge is 2.25. The summed E-state index contributed by atoms with van der Waals surface area (Å²) in [5.74, 6) is -1.04. The Kier molecular flexibility index (Phi) is 10.6. The summed E-state index contributed by atoms with van der Waals surface area (Å²) >= 11 is 0. The smallest absolute Gasteiger partial charge is 0.321 e. The Morgan fingerprint density at radius 3 is 1.42 bits per heavy atom. The molecule has 3 aromatic heterocycles. The van der Waals surface area contributed by atoms with Gasteiger partial charge in [0.1, 0.15) is 6.04 Å². The van der Waals surface area contributed by atoms with Crippen molar-refractivity contribution in [1.82, 2.24) is 25.3 Å². The van der Waals surface area contributed by atoms with Crippen LogP contribution in [0.3, 0.4) is 0 Å². The van der Waals surface area contributed by atoms with Crippen LogP contribution in [0, 0.1) is 10.1 Å². The molecule has 5 aromatic carbocycles. The number of nitrogens with one attached hydrogen (secondary N) is 3. The molecule has 10 rings (SSSR count). The normalized spacial score (nSPS) is 12.5. The number of nitro benzene ring substituents is 1. The van der Waals surface area contributed by atoms with Crippen molar-refractivity contribution < 1.29 is 14.8 Å². The van der Waals surface area contributed by atoms with Crippen molar-refractivity contribution in [1.29, 1.82) is 0 Å². The van der Waals surface area contributed by atoms with E-state index in [1.54, 1.807) is 12.1 Å². The molecular weight excluding hydrogens is 797 g/mol. The zero-order chi connectivity index (χ0) is 43.6. The molecule has 0 spiro atoms. The largest absolute Gasteiger partial charge is 0.480 e. The lowest BCUT2D eigenvalue weighted by atomic mass is 9.99. The number of aromatic nitrogens is 4. The minimum absolute atomic E-state index is 0.0558. The van der Waals surface area contributed by atoms with Crippen molar-refractivity contribution in [3.05, 3.63) is 208 Å². The number of hydrogen-bond acceptors (Lipinski definition) is 6. The molecule has 0 saturated heterocycles. The summed E-state index contributed by atoms with van der Waals surface area (Å²) in [6.45, 7) is 0.154. The first kappa shape index (κ1) is 39.7. The second-order valence-electron chi connectivity index (χ2n) is 15.7. The van der Waals surface area contributed by atoms with Crippen LogP contribution in [0.15, 0.2) is 170 Å². The van der Waals surface area contributed by atoms with Crippen LogP contribution in [0.2, 0.25) is 0 Å². The Bertz CT molecular complexity index is 3290. The number of H-pyrrole nitrogens is 2. The average Bonchev–Trinajstić information content (AvgIpc) is 4.17. The molecule has 10 heteroatoms. The standard InChI is InChI=1S/C54H40N6O4/c61-54(62)48(31-34-21-23-40(24-22-34)60(63)64)55-33-39-32-47-51(37-17-9-3-10-18-37)45-28-27-43(57-45)49(35-13-5-1-6-14-35)41-25-26-42(56-41)50(36-15-7-2-8-16-36)44-29-30-46(58-44)52(53(39)59-47)38-19-11-4-12-20-38/h1-30,32,48,55,57-58H,31,33H2,(H,61,62)/t48-/m0/s1. The topological polar surface area (TPSA) is 150 Å². The number of carboxylic acid groups (broad SMARTS) is 1. The van der Waals surface area contributed by atoms with Gasteiger partial charge in [-0.05, 0) is 82.3 Å². The number of hydrogen-bond donors (Lipinski definition) is 4. The molecule has 0 radical (unpaired) electrons. The number of rotatable bonds is 11. The summed E-state index contributed by atoms with van der Waals surface area (Å²) in [6, 6.07) is 54.1. The van der Waals surface area contributed by atoms with E-state index < -0.39 is 16.9 Å². The molecule has 2 aliphatic heterocycles. The number of benzene rings is 5. The molecule has 0 aliphatic carbocycles. The summed E-state index contributed by atoms with van der Waals surface area (Å²) in [7, 11) is 0. The van der Waals surface area contributed by atoms with Crippen LogP contribution in [-0.2, 0) is 11.2 Å². The lowest BCUT2D eigenvalue weighted by Gasteiger charge is -2.16. The molecule has 0 amide bonds. The fourth-order valence-corrected chi connectivity index (χ4v) is 8.58. The highest BCUT2D eigenvalue weighted by molar-refractivity contribution is 6.02. The Morgan fingerprint density at radius 1 is 0.562 bits per heavy atom. The van der Waals surface area contributed by atoms with Gasteiger partial charge in [0, 0.05) is 63.0 Å². The average molecular weight is 837 g/mol. The van der Waals surface area contributed by atoms with E-state index in [1.807, 2.05) is 72.8 Å². The first-order valence-electron chi connectivity index (χ1n) is 21.0. The first-order valence-corrected chi connectivity index (χ1v) is 21.0. The van der Waals surface area contributed by atoms with Gasteiger partial charge in [0.15, 0.2) is 0 Å². The number of carbonyl (C=O) groups is 1. The number of non-ortho nitro benzene ring substituents is 1. The van der Waals surface area contributed by atoms with E-state index in [0.29, 0.717) is 17.0 Å². The van der Waals surface area contributed by atoms with Crippen LogP contribution < -0.4 is 5.32 Å². The predicted molar refractivity (Wildman–Crippen MR) is 256 cm³/mol. The molecule has 10 nitrogen and oxygen atoms in total. The van der Waals surface area contributed by atoms with Crippen molar-refractivity contribution in [2.45, 2.75) is 12.5 Å². The van der Waals surface area contributed by atoms with Gasteiger partial charge in [0.2, 0.25) is 0 Å². The van der Waals surface area contributed by atoms with E-state index in [0.717, 1.165) is 83.5 Å².